The predicted molar refractivity (Wildman–Crippen MR) is 140 cm³/mol. The molecule has 2 fully saturated rings. The van der Waals surface area contributed by atoms with Gasteiger partial charge >= 0.3 is 0 Å². The van der Waals surface area contributed by atoms with Crippen molar-refractivity contribution in [1.82, 2.24) is 5.32 Å². The van der Waals surface area contributed by atoms with Crippen molar-refractivity contribution in [1.29, 1.82) is 0 Å². The molecule has 0 unspecified atom stereocenters. The summed E-state index contributed by atoms with van der Waals surface area (Å²) in [7, 11) is 0. The first kappa shape index (κ1) is 27.2. The molecule has 2 rings (SSSR count). The second kappa shape index (κ2) is 20.6. The third kappa shape index (κ3) is 16.3. The van der Waals surface area contributed by atoms with E-state index < -0.39 is 0 Å². The van der Waals surface area contributed by atoms with Crippen LogP contribution in [0, 0.1) is 5.92 Å². The molecule has 0 heterocycles. The topological polar surface area (TPSA) is 12.0 Å². The van der Waals surface area contributed by atoms with Gasteiger partial charge in [-0.25, -0.2) is 0 Å². The number of nitrogens with one attached hydrogen (secondary N) is 1. The Morgan fingerprint density at radius 3 is 1.00 bits per heavy atom. The minimum absolute atomic E-state index is 0.807. The molecule has 0 bridgehead atoms. The van der Waals surface area contributed by atoms with Gasteiger partial charge < -0.3 is 5.32 Å². The Kier molecular flexibility index (Phi) is 18.0. The average molecular weight is 434 g/mol. The van der Waals surface area contributed by atoms with Gasteiger partial charge in [0, 0.05) is 6.04 Å². The van der Waals surface area contributed by atoms with E-state index in [0.717, 1.165) is 12.0 Å². The zero-order valence-electron chi connectivity index (χ0n) is 21.5. The van der Waals surface area contributed by atoms with Gasteiger partial charge in [-0.2, -0.15) is 0 Å². The van der Waals surface area contributed by atoms with Crippen molar-refractivity contribution >= 4 is 0 Å². The van der Waals surface area contributed by atoms with Crippen LogP contribution in [0.2, 0.25) is 0 Å². The quantitative estimate of drug-likeness (QED) is 0.465. The molecule has 0 atom stereocenters. The van der Waals surface area contributed by atoms with Crippen LogP contribution < -0.4 is 5.32 Å². The van der Waals surface area contributed by atoms with Gasteiger partial charge in [0.15, 0.2) is 0 Å². The van der Waals surface area contributed by atoms with Crippen LogP contribution in [0.25, 0.3) is 0 Å². The first-order chi connectivity index (χ1) is 15.4. The molecule has 184 valence electrons. The molecule has 0 spiro atoms. The fourth-order valence-electron chi connectivity index (χ4n) is 6.10. The highest BCUT2D eigenvalue weighted by molar-refractivity contribution is 4.70. The summed E-state index contributed by atoms with van der Waals surface area (Å²) in [5, 5.41) is 4.05. The SMILES string of the molecule is C1CCCCCCC(CCNC2CCCCCCCCCCCCC2)CCCCCC1. The monoisotopic (exact) mass is 433 g/mol. The van der Waals surface area contributed by atoms with E-state index in [2.05, 4.69) is 5.32 Å². The summed E-state index contributed by atoms with van der Waals surface area (Å²) in [6, 6.07) is 0.807. The Labute approximate surface area is 197 Å². The van der Waals surface area contributed by atoms with Crippen LogP contribution in [0.1, 0.15) is 173 Å². The van der Waals surface area contributed by atoms with Crippen molar-refractivity contribution in [3.8, 4) is 0 Å². The minimum Gasteiger partial charge on any atom is -0.314 e. The lowest BCUT2D eigenvalue weighted by molar-refractivity contribution is 0.345. The van der Waals surface area contributed by atoms with Crippen LogP contribution in [-0.2, 0) is 0 Å². The average Bonchev–Trinajstić information content (AvgIpc) is 2.78. The zero-order chi connectivity index (χ0) is 21.7. The van der Waals surface area contributed by atoms with Crippen molar-refractivity contribution in [2.75, 3.05) is 6.54 Å². The molecule has 1 N–H and O–H groups in total. The number of rotatable bonds is 4. The summed E-state index contributed by atoms with van der Waals surface area (Å²) in [5.74, 6) is 0.994. The van der Waals surface area contributed by atoms with E-state index in [4.69, 9.17) is 0 Å². The zero-order valence-corrected chi connectivity index (χ0v) is 21.5. The van der Waals surface area contributed by atoms with E-state index >= 15 is 0 Å². The van der Waals surface area contributed by atoms with Gasteiger partial charge in [-0.15, -0.1) is 0 Å². The summed E-state index contributed by atoms with van der Waals surface area (Å²) in [6.45, 7) is 1.29. The molecular formula is C30H59N. The highest BCUT2D eigenvalue weighted by Crippen LogP contribution is 2.23. The molecule has 2 aliphatic carbocycles. The third-order valence-corrected chi connectivity index (χ3v) is 8.32. The molecule has 2 aliphatic rings. The van der Waals surface area contributed by atoms with Gasteiger partial charge in [-0.05, 0) is 31.7 Å². The molecule has 0 aromatic rings. The highest BCUT2D eigenvalue weighted by atomic mass is 14.9. The van der Waals surface area contributed by atoms with Crippen LogP contribution in [0.3, 0.4) is 0 Å². The number of hydrogen-bond donors (Lipinski definition) is 1. The van der Waals surface area contributed by atoms with Crippen LogP contribution in [0.5, 0.6) is 0 Å². The van der Waals surface area contributed by atoms with Crippen LogP contribution in [-0.4, -0.2) is 12.6 Å². The van der Waals surface area contributed by atoms with Crippen LogP contribution in [0.15, 0.2) is 0 Å². The van der Waals surface area contributed by atoms with Gasteiger partial charge in [0.05, 0.1) is 0 Å². The van der Waals surface area contributed by atoms with Crippen molar-refractivity contribution in [3.63, 3.8) is 0 Å². The van der Waals surface area contributed by atoms with Crippen molar-refractivity contribution < 1.29 is 0 Å². The Morgan fingerprint density at radius 1 is 0.355 bits per heavy atom. The summed E-state index contributed by atoms with van der Waals surface area (Å²) in [4.78, 5) is 0. The Hall–Kier alpha value is -0.0400. The molecule has 0 radical (unpaired) electrons. The first-order valence-electron chi connectivity index (χ1n) is 15.2. The lowest BCUT2D eigenvalue weighted by Crippen LogP contribution is -2.31. The molecule has 0 aliphatic heterocycles. The minimum atomic E-state index is 0.807. The molecular weight excluding hydrogens is 374 g/mol. The Morgan fingerprint density at radius 2 is 0.645 bits per heavy atom. The van der Waals surface area contributed by atoms with E-state index in [1.165, 1.54) is 180 Å². The molecule has 1 heteroatoms. The smallest absolute Gasteiger partial charge is 0.00670 e. The lowest BCUT2D eigenvalue weighted by Gasteiger charge is -2.22. The molecule has 31 heavy (non-hydrogen) atoms. The maximum absolute atomic E-state index is 4.05. The van der Waals surface area contributed by atoms with Crippen molar-refractivity contribution in [2.24, 2.45) is 5.92 Å². The summed E-state index contributed by atoms with van der Waals surface area (Å²) in [5.41, 5.74) is 0. The van der Waals surface area contributed by atoms with Crippen LogP contribution in [0.4, 0.5) is 0 Å². The summed E-state index contributed by atoms with van der Waals surface area (Å²) < 4.78 is 0. The van der Waals surface area contributed by atoms with E-state index in [1.807, 2.05) is 0 Å². The van der Waals surface area contributed by atoms with Crippen molar-refractivity contribution in [2.45, 2.75) is 179 Å². The Balaban J connectivity index is 1.67. The normalized spacial score (nSPS) is 24.8. The Bertz CT molecular complexity index is 303. The summed E-state index contributed by atoms with van der Waals surface area (Å²) in [6.07, 6.45) is 40.0. The molecule has 0 saturated heterocycles. The van der Waals surface area contributed by atoms with E-state index in [9.17, 15) is 0 Å². The largest absolute Gasteiger partial charge is 0.314 e. The van der Waals surface area contributed by atoms with Gasteiger partial charge in [0.25, 0.3) is 0 Å². The second-order valence-corrected chi connectivity index (χ2v) is 11.2. The van der Waals surface area contributed by atoms with Gasteiger partial charge in [-0.1, -0.05) is 154 Å². The van der Waals surface area contributed by atoms with Gasteiger partial charge in [0.2, 0.25) is 0 Å². The highest BCUT2D eigenvalue weighted by Gasteiger charge is 2.12. The first-order valence-corrected chi connectivity index (χ1v) is 15.2. The molecule has 0 aromatic carbocycles. The van der Waals surface area contributed by atoms with E-state index in [-0.39, 0.29) is 0 Å². The lowest BCUT2D eigenvalue weighted by atomic mass is 9.90. The van der Waals surface area contributed by atoms with E-state index in [1.54, 1.807) is 0 Å². The maximum atomic E-state index is 4.05. The fourth-order valence-corrected chi connectivity index (χ4v) is 6.10. The third-order valence-electron chi connectivity index (χ3n) is 8.32. The van der Waals surface area contributed by atoms with Crippen molar-refractivity contribution in [3.05, 3.63) is 0 Å². The molecule has 2 saturated carbocycles. The maximum Gasteiger partial charge on any atom is 0.00670 e. The summed E-state index contributed by atoms with van der Waals surface area (Å²) >= 11 is 0. The standard InChI is InChI=1S/C30H59N/c1-3-7-11-15-19-23-29(24-20-16-12-8-4-1)27-28-31-30-25-21-17-13-9-5-2-6-10-14-18-22-26-30/h29-31H,1-28H2. The molecule has 0 amide bonds. The van der Waals surface area contributed by atoms with Gasteiger partial charge in [0.1, 0.15) is 0 Å². The van der Waals surface area contributed by atoms with Crippen LogP contribution >= 0.6 is 0 Å². The molecule has 0 aromatic heterocycles. The molecule has 1 nitrogen and oxygen atoms in total. The fraction of sp³-hybridized carbons (Fsp3) is 1.00. The second-order valence-electron chi connectivity index (χ2n) is 11.2. The van der Waals surface area contributed by atoms with Gasteiger partial charge in [-0.3, -0.25) is 0 Å². The number of hydrogen-bond acceptors (Lipinski definition) is 1. The van der Waals surface area contributed by atoms with E-state index in [0.29, 0.717) is 0 Å². The predicted octanol–water partition coefficient (Wildman–Crippen LogP) is 10.1.